The van der Waals surface area contributed by atoms with Gasteiger partial charge in [-0.05, 0) is 18.2 Å². The Labute approximate surface area is 126 Å². The van der Waals surface area contributed by atoms with Crippen molar-refractivity contribution in [1.82, 2.24) is 14.8 Å². The van der Waals surface area contributed by atoms with Crippen molar-refractivity contribution in [3.63, 3.8) is 0 Å². The lowest BCUT2D eigenvalue weighted by atomic mass is 10.2. The number of rotatable bonds is 3. The molecule has 0 spiro atoms. The van der Waals surface area contributed by atoms with Crippen LogP contribution in [0.1, 0.15) is 0 Å². The van der Waals surface area contributed by atoms with E-state index in [4.69, 9.17) is 21.1 Å². The number of ether oxygens (including phenoxy) is 2. The van der Waals surface area contributed by atoms with Crippen molar-refractivity contribution in [3.05, 3.63) is 18.2 Å². The second-order valence-electron chi connectivity index (χ2n) is 4.38. The third-order valence-corrected chi connectivity index (χ3v) is 4.65. The summed E-state index contributed by atoms with van der Waals surface area (Å²) in [5.74, 6) is 2.90. The number of alkyl halides is 1. The molecule has 1 aromatic heterocycles. The van der Waals surface area contributed by atoms with Crippen molar-refractivity contribution in [2.45, 2.75) is 17.1 Å². The molecule has 0 bridgehead atoms. The first-order valence-electron chi connectivity index (χ1n) is 6.15. The lowest BCUT2D eigenvalue weighted by Crippen LogP contribution is -2.19. The molecule has 5 nitrogen and oxygen atoms in total. The molecule has 106 valence electrons. The van der Waals surface area contributed by atoms with Crippen molar-refractivity contribution in [3.8, 4) is 22.9 Å². The average Bonchev–Trinajstić information content (AvgIpc) is 2.89. The Morgan fingerprint density at radius 3 is 2.85 bits per heavy atom. The summed E-state index contributed by atoms with van der Waals surface area (Å²) in [6.07, 6.45) is 0. The molecule has 0 amide bonds. The zero-order chi connectivity index (χ0) is 14.1. The van der Waals surface area contributed by atoms with Crippen LogP contribution in [0.3, 0.4) is 0 Å². The van der Waals surface area contributed by atoms with Gasteiger partial charge in [0.25, 0.3) is 0 Å². The van der Waals surface area contributed by atoms with Crippen LogP contribution in [0.15, 0.2) is 23.4 Å². The van der Waals surface area contributed by atoms with Crippen LogP contribution in [-0.4, -0.2) is 40.1 Å². The number of nitrogens with zero attached hydrogens (tertiary/aromatic N) is 3. The summed E-state index contributed by atoms with van der Waals surface area (Å²) >= 11 is 7.77. The largest absolute Gasteiger partial charge is 0.493 e. The van der Waals surface area contributed by atoms with E-state index in [0.717, 1.165) is 16.5 Å². The van der Waals surface area contributed by atoms with Crippen LogP contribution in [0.25, 0.3) is 11.4 Å². The van der Waals surface area contributed by atoms with E-state index in [1.165, 1.54) is 0 Å². The fraction of sp³-hybridized carbons (Fsp3) is 0.385. The topological polar surface area (TPSA) is 49.2 Å². The molecular weight excluding hydrogens is 298 g/mol. The van der Waals surface area contributed by atoms with Gasteiger partial charge in [0.15, 0.2) is 22.5 Å². The van der Waals surface area contributed by atoms with Gasteiger partial charge in [-0.2, -0.15) is 0 Å². The van der Waals surface area contributed by atoms with Gasteiger partial charge < -0.3 is 9.47 Å². The molecule has 7 heteroatoms. The number of thioether (sulfide) groups is 1. The van der Waals surface area contributed by atoms with Gasteiger partial charge in [-0.3, -0.25) is 0 Å². The molecule has 1 atom stereocenters. The lowest BCUT2D eigenvalue weighted by molar-refractivity contribution is 0.355. The van der Waals surface area contributed by atoms with Crippen molar-refractivity contribution < 1.29 is 9.47 Å². The minimum atomic E-state index is 0.104. The second-order valence-corrected chi connectivity index (χ2v) is 5.98. The third-order valence-electron chi connectivity index (χ3n) is 3.04. The van der Waals surface area contributed by atoms with Crippen LogP contribution < -0.4 is 9.47 Å². The van der Waals surface area contributed by atoms with Crippen LogP contribution >= 0.6 is 23.4 Å². The van der Waals surface area contributed by atoms with Gasteiger partial charge in [-0.25, -0.2) is 9.67 Å². The Morgan fingerprint density at radius 2 is 2.10 bits per heavy atom. The van der Waals surface area contributed by atoms with Gasteiger partial charge in [-0.15, -0.1) is 16.7 Å². The molecule has 0 aliphatic carbocycles. The molecule has 0 N–H and O–H groups in total. The maximum atomic E-state index is 6.14. The number of hydrogen-bond donors (Lipinski definition) is 0. The number of hydrogen-bond acceptors (Lipinski definition) is 5. The highest BCUT2D eigenvalue weighted by Crippen LogP contribution is 2.33. The van der Waals surface area contributed by atoms with E-state index in [1.807, 2.05) is 22.9 Å². The smallest absolute Gasteiger partial charge is 0.186 e. The van der Waals surface area contributed by atoms with Crippen molar-refractivity contribution in [2.75, 3.05) is 20.0 Å². The quantitative estimate of drug-likeness (QED) is 0.816. The van der Waals surface area contributed by atoms with Crippen molar-refractivity contribution in [2.24, 2.45) is 0 Å². The van der Waals surface area contributed by atoms with Crippen molar-refractivity contribution in [1.29, 1.82) is 0 Å². The van der Waals surface area contributed by atoms with Gasteiger partial charge >= 0.3 is 0 Å². The Hall–Kier alpha value is -1.40. The van der Waals surface area contributed by atoms with E-state index in [1.54, 1.807) is 26.0 Å². The molecule has 2 aromatic rings. The normalized spacial score (nSPS) is 17.6. The minimum Gasteiger partial charge on any atom is -0.493 e. The summed E-state index contributed by atoms with van der Waals surface area (Å²) in [4.78, 5) is 4.55. The first-order chi connectivity index (χ1) is 9.71. The Balaban J connectivity index is 1.97. The van der Waals surface area contributed by atoms with Gasteiger partial charge in [0.2, 0.25) is 0 Å². The van der Waals surface area contributed by atoms with E-state index in [0.29, 0.717) is 23.9 Å². The molecule has 3 rings (SSSR count). The molecular formula is C13H14ClN3O2S. The SMILES string of the molecule is COc1ccc(-c2nc3n(n2)C[C@H](Cl)CS3)cc1OC. The van der Waals surface area contributed by atoms with Crippen LogP contribution in [0.5, 0.6) is 11.5 Å². The second kappa shape index (κ2) is 5.54. The molecule has 1 aliphatic rings. The van der Waals surface area contributed by atoms with Gasteiger partial charge in [0.1, 0.15) is 0 Å². The zero-order valence-corrected chi connectivity index (χ0v) is 12.7. The van der Waals surface area contributed by atoms with Crippen molar-refractivity contribution >= 4 is 23.4 Å². The van der Waals surface area contributed by atoms with E-state index in [9.17, 15) is 0 Å². The summed E-state index contributed by atoms with van der Waals surface area (Å²) in [6.45, 7) is 0.699. The molecule has 0 saturated carbocycles. The first kappa shape index (κ1) is 13.6. The minimum absolute atomic E-state index is 0.104. The maximum absolute atomic E-state index is 6.14. The maximum Gasteiger partial charge on any atom is 0.186 e. The predicted molar refractivity (Wildman–Crippen MR) is 78.9 cm³/mol. The number of aromatic nitrogens is 3. The summed E-state index contributed by atoms with van der Waals surface area (Å²) in [5.41, 5.74) is 0.899. The Bertz CT molecular complexity index is 632. The molecule has 2 heterocycles. The van der Waals surface area contributed by atoms with E-state index < -0.39 is 0 Å². The Kier molecular flexibility index (Phi) is 3.76. The number of methoxy groups -OCH3 is 2. The fourth-order valence-corrected chi connectivity index (χ4v) is 3.23. The van der Waals surface area contributed by atoms with Crippen LogP contribution in [0.4, 0.5) is 0 Å². The third kappa shape index (κ3) is 2.45. The molecule has 1 aromatic carbocycles. The van der Waals surface area contributed by atoms with Crippen LogP contribution in [0, 0.1) is 0 Å². The summed E-state index contributed by atoms with van der Waals surface area (Å²) < 4.78 is 12.4. The molecule has 0 saturated heterocycles. The molecule has 1 aliphatic heterocycles. The monoisotopic (exact) mass is 311 g/mol. The highest BCUT2D eigenvalue weighted by Gasteiger charge is 2.21. The highest BCUT2D eigenvalue weighted by atomic mass is 35.5. The zero-order valence-electron chi connectivity index (χ0n) is 11.2. The van der Waals surface area contributed by atoms with Gasteiger partial charge in [0, 0.05) is 11.3 Å². The lowest BCUT2D eigenvalue weighted by Gasteiger charge is -2.15. The average molecular weight is 312 g/mol. The predicted octanol–water partition coefficient (Wildman–Crippen LogP) is 2.68. The Morgan fingerprint density at radius 1 is 1.30 bits per heavy atom. The van der Waals surface area contributed by atoms with Gasteiger partial charge in [-0.1, -0.05) is 11.8 Å². The summed E-state index contributed by atoms with van der Waals surface area (Å²) in [6, 6.07) is 5.65. The van der Waals surface area contributed by atoms with Crippen LogP contribution in [0.2, 0.25) is 0 Å². The van der Waals surface area contributed by atoms with E-state index in [2.05, 4.69) is 10.1 Å². The first-order valence-corrected chi connectivity index (χ1v) is 7.57. The summed E-state index contributed by atoms with van der Waals surface area (Å²) in [5, 5.41) is 5.52. The van der Waals surface area contributed by atoms with E-state index >= 15 is 0 Å². The highest BCUT2D eigenvalue weighted by molar-refractivity contribution is 7.99. The molecule has 0 fully saturated rings. The van der Waals surface area contributed by atoms with Gasteiger partial charge in [0.05, 0.1) is 26.1 Å². The van der Waals surface area contributed by atoms with Crippen LogP contribution in [-0.2, 0) is 6.54 Å². The number of halogens is 1. The fourth-order valence-electron chi connectivity index (χ4n) is 2.06. The number of benzene rings is 1. The molecule has 0 radical (unpaired) electrons. The molecule has 0 unspecified atom stereocenters. The number of fused-ring (bicyclic) bond motifs is 1. The summed E-state index contributed by atoms with van der Waals surface area (Å²) in [7, 11) is 3.23. The molecule has 20 heavy (non-hydrogen) atoms. The van der Waals surface area contributed by atoms with E-state index in [-0.39, 0.29) is 5.38 Å². The standard InChI is InChI=1S/C13H14ClN3O2S/c1-18-10-4-3-8(5-11(10)19-2)12-15-13-17(16-12)6-9(14)7-20-13/h3-5,9H,6-7H2,1-2H3/t9-/m0/s1.